The lowest BCUT2D eigenvalue weighted by Crippen LogP contribution is -2.33. The molecule has 0 spiro atoms. The fraction of sp³-hybridized carbons (Fsp3) is 0.409. The van der Waals surface area contributed by atoms with Crippen molar-refractivity contribution in [2.75, 3.05) is 31.0 Å². The summed E-state index contributed by atoms with van der Waals surface area (Å²) in [4.78, 5) is 12.5. The highest BCUT2D eigenvalue weighted by atomic mass is 32.2. The molecule has 1 amide bonds. The molecule has 0 aliphatic carbocycles. The highest BCUT2D eigenvalue weighted by Crippen LogP contribution is 2.36. The van der Waals surface area contributed by atoms with Gasteiger partial charge in [0.05, 0.1) is 25.1 Å². The molecule has 31 heavy (non-hydrogen) atoms. The third-order valence-electron chi connectivity index (χ3n) is 5.07. The average molecular weight is 449 g/mol. The van der Waals surface area contributed by atoms with Crippen molar-refractivity contribution in [3.63, 3.8) is 0 Å². The number of sulfonamides is 1. The minimum atomic E-state index is -3.52. The normalized spacial score (nSPS) is 13.5. The summed E-state index contributed by atoms with van der Waals surface area (Å²) in [5.74, 6) is 1.73. The number of ether oxygens (including phenoxy) is 3. The minimum Gasteiger partial charge on any atom is -0.497 e. The Balaban J connectivity index is 1.59. The fourth-order valence-electron chi connectivity index (χ4n) is 3.43. The zero-order chi connectivity index (χ0) is 22.4. The van der Waals surface area contributed by atoms with E-state index in [9.17, 15) is 13.2 Å². The number of carbonyl (C=O) groups excluding carboxylic acids is 1. The number of hydrogen-bond acceptors (Lipinski definition) is 6. The van der Waals surface area contributed by atoms with Gasteiger partial charge in [0, 0.05) is 19.0 Å². The zero-order valence-electron chi connectivity index (χ0n) is 18.0. The molecule has 1 N–H and O–H groups in total. The molecule has 0 aromatic heterocycles. The summed E-state index contributed by atoms with van der Waals surface area (Å²) >= 11 is 0. The number of hydrogen-bond donors (Lipinski definition) is 1. The predicted octanol–water partition coefficient (Wildman–Crippen LogP) is 3.24. The molecule has 168 valence electrons. The lowest BCUT2D eigenvalue weighted by molar-refractivity contribution is -0.121. The first-order chi connectivity index (χ1) is 14.8. The molecule has 1 atom stereocenters. The lowest BCUT2D eigenvalue weighted by Gasteiger charge is -2.23. The Morgan fingerprint density at radius 3 is 2.52 bits per heavy atom. The lowest BCUT2D eigenvalue weighted by atomic mass is 10.0. The van der Waals surface area contributed by atoms with Gasteiger partial charge in [-0.3, -0.25) is 9.10 Å². The van der Waals surface area contributed by atoms with E-state index in [1.54, 1.807) is 25.3 Å². The van der Waals surface area contributed by atoms with Gasteiger partial charge < -0.3 is 19.5 Å². The molecule has 8 nitrogen and oxygen atoms in total. The van der Waals surface area contributed by atoms with E-state index in [-0.39, 0.29) is 31.7 Å². The number of methoxy groups -OCH3 is 1. The monoisotopic (exact) mass is 448 g/mol. The second-order valence-corrected chi connectivity index (χ2v) is 9.18. The highest BCUT2D eigenvalue weighted by Gasteiger charge is 2.22. The summed E-state index contributed by atoms with van der Waals surface area (Å²) in [5, 5.41) is 3.02. The predicted molar refractivity (Wildman–Crippen MR) is 118 cm³/mol. The molecule has 3 rings (SSSR count). The van der Waals surface area contributed by atoms with Crippen molar-refractivity contribution in [2.24, 2.45) is 0 Å². The molecule has 0 fully saturated rings. The number of nitrogens with one attached hydrogen (secondary N) is 1. The van der Waals surface area contributed by atoms with Gasteiger partial charge >= 0.3 is 0 Å². The van der Waals surface area contributed by atoms with Gasteiger partial charge in [-0.25, -0.2) is 8.42 Å². The molecule has 1 aliphatic rings. The van der Waals surface area contributed by atoms with Gasteiger partial charge in [0.1, 0.15) is 5.75 Å². The van der Waals surface area contributed by atoms with Crippen molar-refractivity contribution < 1.29 is 27.4 Å². The molecule has 9 heteroatoms. The number of nitrogens with zero attached hydrogens (tertiary/aromatic N) is 1. The molecule has 0 radical (unpaired) electrons. The molecule has 1 aliphatic heterocycles. The Morgan fingerprint density at radius 1 is 1.16 bits per heavy atom. The van der Waals surface area contributed by atoms with Crippen LogP contribution < -0.4 is 23.8 Å². The third-order valence-corrected chi connectivity index (χ3v) is 6.27. The van der Waals surface area contributed by atoms with Crippen LogP contribution in [0.25, 0.3) is 0 Å². The Bertz CT molecular complexity index is 1010. The van der Waals surface area contributed by atoms with Crippen molar-refractivity contribution in [2.45, 2.75) is 32.2 Å². The Labute approximate surface area is 183 Å². The SMILES string of the molecule is CC[C@@H](NC(=O)CCCN(c1ccc2c(c1)OCO2)S(C)(=O)=O)c1ccc(OC)cc1. The van der Waals surface area contributed by atoms with Crippen LogP contribution in [0.1, 0.15) is 37.8 Å². The first kappa shape index (κ1) is 22.7. The van der Waals surface area contributed by atoms with Crippen LogP contribution in [0.4, 0.5) is 5.69 Å². The van der Waals surface area contributed by atoms with Crippen LogP contribution in [0, 0.1) is 0 Å². The van der Waals surface area contributed by atoms with Gasteiger partial charge in [0.15, 0.2) is 11.5 Å². The first-order valence-electron chi connectivity index (χ1n) is 10.1. The number of rotatable bonds is 10. The highest BCUT2D eigenvalue weighted by molar-refractivity contribution is 7.92. The molecule has 0 saturated heterocycles. The Kier molecular flexibility index (Phi) is 7.27. The quantitative estimate of drug-likeness (QED) is 0.600. The number of anilines is 1. The van der Waals surface area contributed by atoms with E-state index in [0.29, 0.717) is 23.6 Å². The maximum atomic E-state index is 12.5. The van der Waals surface area contributed by atoms with E-state index in [1.165, 1.54) is 4.31 Å². The largest absolute Gasteiger partial charge is 0.497 e. The zero-order valence-corrected chi connectivity index (χ0v) is 18.8. The van der Waals surface area contributed by atoms with Crippen LogP contribution in [-0.4, -0.2) is 41.0 Å². The summed E-state index contributed by atoms with van der Waals surface area (Å²) in [5.41, 5.74) is 1.48. The minimum absolute atomic E-state index is 0.113. The summed E-state index contributed by atoms with van der Waals surface area (Å²) in [6.45, 7) is 2.30. The second-order valence-electron chi connectivity index (χ2n) is 7.28. The van der Waals surface area contributed by atoms with E-state index in [0.717, 1.165) is 24.0 Å². The molecule has 0 saturated carbocycles. The number of amides is 1. The van der Waals surface area contributed by atoms with Crippen molar-refractivity contribution in [1.82, 2.24) is 5.32 Å². The number of fused-ring (bicyclic) bond motifs is 1. The molecule has 0 bridgehead atoms. The standard InChI is InChI=1S/C22H28N2O6S/c1-4-19(16-7-10-18(28-2)11-8-16)23-22(25)6-5-13-24(31(3,26)27)17-9-12-20-21(14-17)30-15-29-20/h7-12,14,19H,4-6,13,15H2,1-3H3,(H,23,25)/t19-/m1/s1. The summed E-state index contributed by atoms with van der Waals surface area (Å²) < 4.78 is 41.7. The summed E-state index contributed by atoms with van der Waals surface area (Å²) in [7, 11) is -1.91. The van der Waals surface area contributed by atoms with Crippen molar-refractivity contribution in [3.05, 3.63) is 48.0 Å². The van der Waals surface area contributed by atoms with Crippen LogP contribution in [0.15, 0.2) is 42.5 Å². The van der Waals surface area contributed by atoms with Gasteiger partial charge in [0.25, 0.3) is 0 Å². The maximum Gasteiger partial charge on any atom is 0.232 e. The Morgan fingerprint density at radius 2 is 1.87 bits per heavy atom. The van der Waals surface area contributed by atoms with Crippen LogP contribution in [0.5, 0.6) is 17.2 Å². The Hall–Kier alpha value is -2.94. The van der Waals surface area contributed by atoms with E-state index >= 15 is 0 Å². The van der Waals surface area contributed by atoms with Gasteiger partial charge in [-0.15, -0.1) is 0 Å². The van der Waals surface area contributed by atoms with Crippen molar-refractivity contribution in [1.29, 1.82) is 0 Å². The smallest absolute Gasteiger partial charge is 0.232 e. The van der Waals surface area contributed by atoms with Crippen LogP contribution >= 0.6 is 0 Å². The van der Waals surface area contributed by atoms with Gasteiger partial charge in [-0.1, -0.05) is 19.1 Å². The van der Waals surface area contributed by atoms with Gasteiger partial charge in [0.2, 0.25) is 22.7 Å². The van der Waals surface area contributed by atoms with Crippen molar-refractivity contribution in [3.8, 4) is 17.2 Å². The van der Waals surface area contributed by atoms with Crippen LogP contribution in [-0.2, 0) is 14.8 Å². The topological polar surface area (TPSA) is 94.2 Å². The van der Waals surface area contributed by atoms with Gasteiger partial charge in [-0.2, -0.15) is 0 Å². The number of benzene rings is 2. The average Bonchev–Trinajstić information content (AvgIpc) is 3.22. The molecular weight excluding hydrogens is 420 g/mol. The van der Waals surface area contributed by atoms with E-state index in [2.05, 4.69) is 5.32 Å². The first-order valence-corrected chi connectivity index (χ1v) is 12.0. The fourth-order valence-corrected chi connectivity index (χ4v) is 4.39. The summed E-state index contributed by atoms with van der Waals surface area (Å²) in [6.07, 6.45) is 2.48. The molecule has 0 unspecified atom stereocenters. The molecule has 2 aromatic rings. The second kappa shape index (κ2) is 9.91. The van der Waals surface area contributed by atoms with Crippen molar-refractivity contribution >= 4 is 21.6 Å². The van der Waals surface area contributed by atoms with Crippen LogP contribution in [0.3, 0.4) is 0 Å². The molecular formula is C22H28N2O6S. The van der Waals surface area contributed by atoms with E-state index < -0.39 is 10.0 Å². The maximum absolute atomic E-state index is 12.5. The molecule has 1 heterocycles. The number of carbonyl (C=O) groups is 1. The van der Waals surface area contributed by atoms with E-state index in [1.807, 2.05) is 31.2 Å². The van der Waals surface area contributed by atoms with Gasteiger partial charge in [-0.05, 0) is 42.7 Å². The third kappa shape index (κ3) is 5.81. The summed E-state index contributed by atoms with van der Waals surface area (Å²) in [6, 6.07) is 12.5. The molecule has 2 aromatic carbocycles. The van der Waals surface area contributed by atoms with Crippen LogP contribution in [0.2, 0.25) is 0 Å². The van der Waals surface area contributed by atoms with E-state index in [4.69, 9.17) is 14.2 Å².